The molecule has 164 valence electrons. The zero-order valence-electron chi connectivity index (χ0n) is 18.1. The van der Waals surface area contributed by atoms with Crippen molar-refractivity contribution in [1.29, 1.82) is 0 Å². The lowest BCUT2D eigenvalue weighted by atomic mass is 9.98. The molecule has 0 heterocycles. The Hall–Kier alpha value is -3.80. The van der Waals surface area contributed by atoms with Crippen molar-refractivity contribution in [2.75, 3.05) is 0 Å². The van der Waals surface area contributed by atoms with Gasteiger partial charge < -0.3 is 10.1 Å². The van der Waals surface area contributed by atoms with Crippen LogP contribution in [0.2, 0.25) is 0 Å². The SMILES string of the molecule is Cc1ccc(C(=O)c2ccccc2C(=O)O[C@@H](C)C(=O)N[C@H](C)c2ccc(F)cc2)cc1. The molecule has 1 N–H and O–H groups in total. The molecule has 0 unspecified atom stereocenters. The molecule has 3 aromatic carbocycles. The standard InChI is InChI=1S/C26H24FNO4/c1-16-8-10-20(11-9-16)24(29)22-6-4-5-7-23(22)26(31)32-18(3)25(30)28-17(2)19-12-14-21(27)15-13-19/h4-15,17-18H,1-3H3,(H,28,30)/t17-,18+/m1/s1. The fraction of sp³-hybridized carbons (Fsp3) is 0.192. The van der Waals surface area contributed by atoms with E-state index in [2.05, 4.69) is 5.32 Å². The second kappa shape index (κ2) is 10.0. The number of carbonyl (C=O) groups excluding carboxylic acids is 3. The van der Waals surface area contributed by atoms with Crippen molar-refractivity contribution < 1.29 is 23.5 Å². The number of esters is 1. The van der Waals surface area contributed by atoms with Gasteiger partial charge in [-0.1, -0.05) is 60.2 Å². The third kappa shape index (κ3) is 5.46. The van der Waals surface area contributed by atoms with Crippen molar-refractivity contribution in [3.05, 3.63) is 106 Å². The van der Waals surface area contributed by atoms with E-state index >= 15 is 0 Å². The maximum Gasteiger partial charge on any atom is 0.339 e. The predicted molar refractivity (Wildman–Crippen MR) is 119 cm³/mol. The van der Waals surface area contributed by atoms with Gasteiger partial charge in [-0.25, -0.2) is 9.18 Å². The van der Waals surface area contributed by atoms with Crippen molar-refractivity contribution in [3.8, 4) is 0 Å². The van der Waals surface area contributed by atoms with Gasteiger partial charge in [-0.15, -0.1) is 0 Å². The highest BCUT2D eigenvalue weighted by molar-refractivity contribution is 6.14. The highest BCUT2D eigenvalue weighted by Crippen LogP contribution is 2.18. The summed E-state index contributed by atoms with van der Waals surface area (Å²) in [7, 11) is 0. The summed E-state index contributed by atoms with van der Waals surface area (Å²) in [6.45, 7) is 5.12. The summed E-state index contributed by atoms with van der Waals surface area (Å²) in [5.41, 5.74) is 2.48. The average Bonchev–Trinajstić information content (AvgIpc) is 2.79. The largest absolute Gasteiger partial charge is 0.449 e. The van der Waals surface area contributed by atoms with Crippen molar-refractivity contribution >= 4 is 17.7 Å². The van der Waals surface area contributed by atoms with Crippen LogP contribution in [0.5, 0.6) is 0 Å². The fourth-order valence-electron chi connectivity index (χ4n) is 3.16. The first kappa shape index (κ1) is 22.9. The first-order valence-electron chi connectivity index (χ1n) is 10.2. The number of nitrogens with one attached hydrogen (secondary N) is 1. The van der Waals surface area contributed by atoms with Crippen LogP contribution in [0.3, 0.4) is 0 Å². The van der Waals surface area contributed by atoms with E-state index in [9.17, 15) is 18.8 Å². The Bertz CT molecular complexity index is 1120. The van der Waals surface area contributed by atoms with E-state index < -0.39 is 24.0 Å². The number of aryl methyl sites for hydroxylation is 1. The molecule has 0 radical (unpaired) electrons. The van der Waals surface area contributed by atoms with Crippen molar-refractivity contribution in [2.45, 2.75) is 32.9 Å². The number of benzene rings is 3. The normalized spacial score (nSPS) is 12.5. The molecule has 6 heteroatoms. The Morgan fingerprint density at radius 1 is 0.844 bits per heavy atom. The summed E-state index contributed by atoms with van der Waals surface area (Å²) in [5.74, 6) is -1.94. The second-order valence-corrected chi connectivity index (χ2v) is 7.57. The average molecular weight is 433 g/mol. The molecule has 2 atom stereocenters. The zero-order chi connectivity index (χ0) is 23.3. The fourth-order valence-corrected chi connectivity index (χ4v) is 3.16. The number of ketones is 1. The monoisotopic (exact) mass is 433 g/mol. The number of amides is 1. The number of ether oxygens (including phenoxy) is 1. The van der Waals surface area contributed by atoms with Gasteiger partial charge in [0.25, 0.3) is 5.91 Å². The van der Waals surface area contributed by atoms with Crippen LogP contribution >= 0.6 is 0 Å². The summed E-state index contributed by atoms with van der Waals surface area (Å²) >= 11 is 0. The number of rotatable bonds is 7. The Labute approximate surface area is 186 Å². The van der Waals surface area contributed by atoms with Crippen LogP contribution in [0.4, 0.5) is 4.39 Å². The molecule has 0 spiro atoms. The van der Waals surface area contributed by atoms with Gasteiger partial charge in [0.15, 0.2) is 11.9 Å². The van der Waals surface area contributed by atoms with Crippen LogP contribution in [0.1, 0.15) is 57.3 Å². The van der Waals surface area contributed by atoms with Gasteiger partial charge in [-0.3, -0.25) is 9.59 Å². The molecule has 0 aromatic heterocycles. The second-order valence-electron chi connectivity index (χ2n) is 7.57. The molecule has 0 saturated carbocycles. The van der Waals surface area contributed by atoms with Gasteiger partial charge >= 0.3 is 5.97 Å². The van der Waals surface area contributed by atoms with E-state index in [1.54, 1.807) is 49.4 Å². The maximum absolute atomic E-state index is 13.1. The predicted octanol–water partition coefficient (Wildman–Crippen LogP) is 4.79. The molecule has 1 amide bonds. The van der Waals surface area contributed by atoms with E-state index in [-0.39, 0.29) is 22.7 Å². The third-order valence-corrected chi connectivity index (χ3v) is 5.09. The van der Waals surface area contributed by atoms with Crippen molar-refractivity contribution in [3.63, 3.8) is 0 Å². The maximum atomic E-state index is 13.1. The minimum absolute atomic E-state index is 0.0873. The first-order valence-corrected chi connectivity index (χ1v) is 10.2. The number of halogens is 1. The van der Waals surface area contributed by atoms with E-state index in [0.29, 0.717) is 11.1 Å². The number of hydrogen-bond acceptors (Lipinski definition) is 4. The molecule has 3 rings (SSSR count). The summed E-state index contributed by atoms with van der Waals surface area (Å²) in [6.07, 6.45) is -1.09. The number of carbonyl (C=O) groups is 3. The minimum Gasteiger partial charge on any atom is -0.449 e. The van der Waals surface area contributed by atoms with Crippen molar-refractivity contribution in [1.82, 2.24) is 5.32 Å². The molecular weight excluding hydrogens is 409 g/mol. The summed E-state index contributed by atoms with van der Waals surface area (Å²) < 4.78 is 18.4. The molecular formula is C26H24FNO4. The van der Waals surface area contributed by atoms with Crippen LogP contribution in [0.25, 0.3) is 0 Å². The minimum atomic E-state index is -1.09. The van der Waals surface area contributed by atoms with Crippen LogP contribution in [0, 0.1) is 12.7 Å². The molecule has 0 aliphatic rings. The molecule has 0 fully saturated rings. The molecule has 0 aliphatic heterocycles. The molecule has 0 aliphatic carbocycles. The zero-order valence-corrected chi connectivity index (χ0v) is 18.1. The van der Waals surface area contributed by atoms with Crippen LogP contribution in [-0.4, -0.2) is 23.8 Å². The topological polar surface area (TPSA) is 72.5 Å². The molecule has 0 bridgehead atoms. The first-order chi connectivity index (χ1) is 15.3. The van der Waals surface area contributed by atoms with Crippen LogP contribution in [0.15, 0.2) is 72.8 Å². The van der Waals surface area contributed by atoms with Gasteiger partial charge in [-0.05, 0) is 44.5 Å². The van der Waals surface area contributed by atoms with E-state index in [1.165, 1.54) is 25.1 Å². The molecule has 5 nitrogen and oxygen atoms in total. The van der Waals surface area contributed by atoms with Crippen LogP contribution < -0.4 is 5.32 Å². The van der Waals surface area contributed by atoms with Gasteiger partial charge in [0.05, 0.1) is 11.6 Å². The molecule has 0 saturated heterocycles. The number of hydrogen-bond donors (Lipinski definition) is 1. The quantitative estimate of drug-likeness (QED) is 0.430. The summed E-state index contributed by atoms with van der Waals surface area (Å²) in [4.78, 5) is 38.2. The Morgan fingerprint density at radius 3 is 2.06 bits per heavy atom. The highest BCUT2D eigenvalue weighted by atomic mass is 19.1. The van der Waals surface area contributed by atoms with E-state index in [0.717, 1.165) is 5.56 Å². The third-order valence-electron chi connectivity index (χ3n) is 5.09. The summed E-state index contributed by atoms with van der Waals surface area (Å²) in [6, 6.07) is 18.8. The molecule has 32 heavy (non-hydrogen) atoms. The lowest BCUT2D eigenvalue weighted by Gasteiger charge is -2.19. The van der Waals surface area contributed by atoms with E-state index in [1.807, 2.05) is 19.1 Å². The van der Waals surface area contributed by atoms with Gasteiger partial charge in [0.1, 0.15) is 5.82 Å². The highest BCUT2D eigenvalue weighted by Gasteiger charge is 2.24. The Kier molecular flexibility index (Phi) is 7.15. The van der Waals surface area contributed by atoms with Crippen molar-refractivity contribution in [2.24, 2.45) is 0 Å². The van der Waals surface area contributed by atoms with Crippen LogP contribution in [-0.2, 0) is 9.53 Å². The Balaban J connectivity index is 1.70. The van der Waals surface area contributed by atoms with E-state index in [4.69, 9.17) is 4.74 Å². The van der Waals surface area contributed by atoms with Gasteiger partial charge in [0, 0.05) is 11.1 Å². The molecule has 3 aromatic rings. The lowest BCUT2D eigenvalue weighted by Crippen LogP contribution is -2.37. The Morgan fingerprint density at radius 2 is 1.44 bits per heavy atom. The smallest absolute Gasteiger partial charge is 0.339 e. The van der Waals surface area contributed by atoms with Gasteiger partial charge in [-0.2, -0.15) is 0 Å². The van der Waals surface area contributed by atoms with Gasteiger partial charge in [0.2, 0.25) is 0 Å². The lowest BCUT2D eigenvalue weighted by molar-refractivity contribution is -0.129. The summed E-state index contributed by atoms with van der Waals surface area (Å²) in [5, 5.41) is 2.74.